The van der Waals surface area contributed by atoms with Gasteiger partial charge in [-0.1, -0.05) is 42.5 Å². The molecule has 0 radical (unpaired) electrons. The number of carbonyl (C=O) groups excluding carboxylic acids is 2. The number of hydrogen-bond donors (Lipinski definition) is 1. The first kappa shape index (κ1) is 17.2. The van der Waals surface area contributed by atoms with Crippen molar-refractivity contribution >= 4 is 12.4 Å². The van der Waals surface area contributed by atoms with Crippen molar-refractivity contribution in [1.29, 1.82) is 0 Å². The van der Waals surface area contributed by atoms with E-state index in [0.29, 0.717) is 25.8 Å². The second-order valence-electron chi connectivity index (χ2n) is 5.92. The number of nitrogens with zero attached hydrogens (tertiary/aromatic N) is 1. The van der Waals surface area contributed by atoms with Crippen molar-refractivity contribution in [2.24, 2.45) is 5.73 Å². The maximum atomic E-state index is 12.8. The Morgan fingerprint density at radius 3 is 2.83 bits per heavy atom. The fourth-order valence-electron chi connectivity index (χ4n) is 2.98. The molecule has 1 aromatic carbocycles. The largest absolute Gasteiger partial charge is 0.459 e. The highest BCUT2D eigenvalue weighted by Crippen LogP contribution is 2.32. The smallest absolute Gasteiger partial charge is 0.332 e. The quantitative estimate of drug-likeness (QED) is 0.495. The minimum atomic E-state index is -0.999. The van der Waals surface area contributed by atoms with Gasteiger partial charge in [-0.05, 0) is 31.7 Å². The Balaban J connectivity index is 2.18. The predicted molar refractivity (Wildman–Crippen MR) is 88.4 cm³/mol. The van der Waals surface area contributed by atoms with Crippen LogP contribution in [0, 0.1) is 0 Å². The topological polar surface area (TPSA) is 72.6 Å². The van der Waals surface area contributed by atoms with Crippen LogP contribution in [0.5, 0.6) is 0 Å². The van der Waals surface area contributed by atoms with Crippen LogP contribution in [-0.4, -0.2) is 35.4 Å². The molecule has 2 atom stereocenters. The fourth-order valence-corrected chi connectivity index (χ4v) is 2.98. The fraction of sp³-hybridized carbons (Fsp3) is 0.444. The van der Waals surface area contributed by atoms with Gasteiger partial charge in [0.05, 0.1) is 0 Å². The van der Waals surface area contributed by atoms with E-state index >= 15 is 0 Å². The lowest BCUT2D eigenvalue weighted by atomic mass is 9.81. The van der Waals surface area contributed by atoms with Gasteiger partial charge >= 0.3 is 5.97 Å². The van der Waals surface area contributed by atoms with Crippen LogP contribution in [0.25, 0.3) is 0 Å². The number of piperidine rings is 1. The molecule has 23 heavy (non-hydrogen) atoms. The summed E-state index contributed by atoms with van der Waals surface area (Å²) in [6.07, 6.45) is 6.03. The molecule has 2 N–H and O–H groups in total. The first-order valence-corrected chi connectivity index (χ1v) is 7.92. The Labute approximate surface area is 137 Å². The molecule has 2 unspecified atom stereocenters. The van der Waals surface area contributed by atoms with Crippen molar-refractivity contribution in [3.63, 3.8) is 0 Å². The molecule has 0 spiro atoms. The van der Waals surface area contributed by atoms with Crippen molar-refractivity contribution in [1.82, 2.24) is 4.90 Å². The van der Waals surface area contributed by atoms with Crippen LogP contribution in [0.4, 0.5) is 0 Å². The second kappa shape index (κ2) is 7.92. The minimum absolute atomic E-state index is 0.110. The Morgan fingerprint density at radius 1 is 1.43 bits per heavy atom. The van der Waals surface area contributed by atoms with Crippen LogP contribution < -0.4 is 5.73 Å². The molecule has 0 aliphatic carbocycles. The van der Waals surface area contributed by atoms with E-state index in [1.54, 1.807) is 4.90 Å². The van der Waals surface area contributed by atoms with Gasteiger partial charge in [-0.3, -0.25) is 4.79 Å². The van der Waals surface area contributed by atoms with Gasteiger partial charge in [0.25, 0.3) is 0 Å². The lowest BCUT2D eigenvalue weighted by Gasteiger charge is -2.44. The number of nitrogens with two attached hydrogens (primary N) is 1. The van der Waals surface area contributed by atoms with E-state index < -0.39 is 5.54 Å². The zero-order chi connectivity index (χ0) is 16.7. The zero-order valence-electron chi connectivity index (χ0n) is 13.5. The van der Waals surface area contributed by atoms with E-state index in [2.05, 4.69) is 0 Å². The van der Waals surface area contributed by atoms with Crippen LogP contribution in [0.15, 0.2) is 42.5 Å². The van der Waals surface area contributed by atoms with Gasteiger partial charge in [-0.25, -0.2) is 4.79 Å². The minimum Gasteiger partial charge on any atom is -0.459 e. The third kappa shape index (κ3) is 3.99. The molecule has 0 saturated carbocycles. The highest BCUT2D eigenvalue weighted by atomic mass is 16.5. The second-order valence-corrected chi connectivity index (χ2v) is 5.92. The highest BCUT2D eigenvalue weighted by molar-refractivity contribution is 5.84. The van der Waals surface area contributed by atoms with Crippen LogP contribution >= 0.6 is 0 Å². The number of rotatable bonds is 6. The molecule has 5 nitrogen and oxygen atoms in total. The van der Waals surface area contributed by atoms with E-state index in [9.17, 15) is 9.59 Å². The first-order chi connectivity index (χ1) is 11.1. The number of benzene rings is 1. The lowest BCUT2D eigenvalue weighted by Crippen LogP contribution is -2.61. The van der Waals surface area contributed by atoms with Crippen molar-refractivity contribution in [3.05, 3.63) is 48.0 Å². The molecular formula is C18H24N2O3. The third-order valence-corrected chi connectivity index (χ3v) is 4.30. The van der Waals surface area contributed by atoms with Crippen LogP contribution in [-0.2, 0) is 20.9 Å². The molecule has 1 aromatic rings. The van der Waals surface area contributed by atoms with Crippen LogP contribution in [0.2, 0.25) is 0 Å². The molecule has 0 bridgehead atoms. The first-order valence-electron chi connectivity index (χ1n) is 7.92. The summed E-state index contributed by atoms with van der Waals surface area (Å²) >= 11 is 0. The Bertz CT molecular complexity index is 559. The molecule has 1 amide bonds. The summed E-state index contributed by atoms with van der Waals surface area (Å²) < 4.78 is 5.52. The Morgan fingerprint density at radius 2 is 2.17 bits per heavy atom. The standard InChI is InChI=1S/C18H24N2O3/c1-2-3-10-18(12-16(19)9-11-20(18)14-21)17(22)23-13-15-7-5-4-6-8-15/h2-8,14,16H,9-13,19H2,1H3/b3-2+. The van der Waals surface area contributed by atoms with Crippen molar-refractivity contribution in [2.75, 3.05) is 6.54 Å². The monoisotopic (exact) mass is 316 g/mol. The van der Waals surface area contributed by atoms with Gasteiger partial charge in [0.1, 0.15) is 12.1 Å². The molecule has 1 heterocycles. The Kier molecular flexibility index (Phi) is 5.93. The molecule has 5 heteroatoms. The normalized spacial score (nSPS) is 24.6. The third-order valence-electron chi connectivity index (χ3n) is 4.30. The molecule has 0 aromatic heterocycles. The molecule has 2 rings (SSSR count). The van der Waals surface area contributed by atoms with Crippen molar-refractivity contribution in [2.45, 2.75) is 44.4 Å². The molecule has 1 aliphatic heterocycles. The van der Waals surface area contributed by atoms with Crippen LogP contribution in [0.3, 0.4) is 0 Å². The van der Waals surface area contributed by atoms with E-state index in [0.717, 1.165) is 12.0 Å². The van der Waals surface area contributed by atoms with E-state index in [-0.39, 0.29) is 18.6 Å². The molecule has 1 aliphatic rings. The van der Waals surface area contributed by atoms with Gasteiger partial charge in [-0.15, -0.1) is 0 Å². The van der Waals surface area contributed by atoms with Crippen LogP contribution in [0.1, 0.15) is 31.7 Å². The molecule has 1 fully saturated rings. The summed E-state index contributed by atoms with van der Waals surface area (Å²) in [5, 5.41) is 0. The van der Waals surface area contributed by atoms with Crippen molar-refractivity contribution in [3.8, 4) is 0 Å². The van der Waals surface area contributed by atoms with Gasteiger partial charge in [0, 0.05) is 12.6 Å². The SMILES string of the molecule is C/C=C/CC1(C(=O)OCc2ccccc2)CC(N)CCN1C=O. The summed E-state index contributed by atoms with van der Waals surface area (Å²) in [5.41, 5.74) is 5.99. The lowest BCUT2D eigenvalue weighted by molar-refractivity contribution is -0.165. The van der Waals surface area contributed by atoms with Crippen molar-refractivity contribution < 1.29 is 14.3 Å². The predicted octanol–water partition coefficient (Wildman–Crippen LogP) is 2.01. The summed E-state index contributed by atoms with van der Waals surface area (Å²) in [5.74, 6) is -0.387. The number of hydrogen-bond acceptors (Lipinski definition) is 4. The summed E-state index contributed by atoms with van der Waals surface area (Å²) in [4.78, 5) is 25.8. The van der Waals surface area contributed by atoms with E-state index in [4.69, 9.17) is 10.5 Å². The summed E-state index contributed by atoms with van der Waals surface area (Å²) in [6, 6.07) is 9.39. The summed E-state index contributed by atoms with van der Waals surface area (Å²) in [6.45, 7) is 2.55. The van der Waals surface area contributed by atoms with Gasteiger partial charge in [0.15, 0.2) is 0 Å². The average Bonchev–Trinajstić information content (AvgIpc) is 2.58. The number of allylic oxidation sites excluding steroid dienone is 1. The maximum Gasteiger partial charge on any atom is 0.332 e. The number of amides is 1. The Hall–Kier alpha value is -2.14. The molecule has 124 valence electrons. The number of likely N-dealkylation sites (tertiary alicyclic amines) is 1. The summed E-state index contributed by atoms with van der Waals surface area (Å²) in [7, 11) is 0. The molecular weight excluding hydrogens is 292 g/mol. The number of carbonyl (C=O) groups is 2. The number of ether oxygens (including phenoxy) is 1. The van der Waals surface area contributed by atoms with Gasteiger partial charge in [-0.2, -0.15) is 0 Å². The van der Waals surface area contributed by atoms with Gasteiger partial charge in [0.2, 0.25) is 6.41 Å². The molecule has 1 saturated heterocycles. The highest BCUT2D eigenvalue weighted by Gasteiger charge is 2.47. The zero-order valence-corrected chi connectivity index (χ0v) is 13.5. The van der Waals surface area contributed by atoms with E-state index in [1.165, 1.54) is 0 Å². The maximum absolute atomic E-state index is 12.8. The van der Waals surface area contributed by atoms with Gasteiger partial charge < -0.3 is 15.4 Å². The van der Waals surface area contributed by atoms with E-state index in [1.807, 2.05) is 49.4 Å². The average molecular weight is 316 g/mol. The number of esters is 1.